The number of thiophene rings is 1. The molecule has 12 rings (SSSR count). The van der Waals surface area contributed by atoms with Crippen molar-refractivity contribution in [1.29, 1.82) is 0 Å². The average molecular weight is 820 g/mol. The molecule has 0 N–H and O–H groups in total. The van der Waals surface area contributed by atoms with Gasteiger partial charge < -0.3 is 4.90 Å². The molecule has 0 spiro atoms. The van der Waals surface area contributed by atoms with Crippen molar-refractivity contribution in [2.24, 2.45) is 0 Å². The highest BCUT2D eigenvalue weighted by molar-refractivity contribution is 7.25. The van der Waals surface area contributed by atoms with Gasteiger partial charge in [0.2, 0.25) is 0 Å². The van der Waals surface area contributed by atoms with Gasteiger partial charge in [-0.15, -0.1) is 11.3 Å². The van der Waals surface area contributed by atoms with Crippen LogP contribution in [0.1, 0.15) is 22.3 Å². The Morgan fingerprint density at radius 1 is 0.302 bits per heavy atom. The molecule has 2 heteroatoms. The number of fused-ring (bicyclic) bond motifs is 6. The van der Waals surface area contributed by atoms with E-state index in [1.165, 1.54) is 86.9 Å². The highest BCUT2D eigenvalue weighted by Gasteiger charge is 2.46. The third-order valence-electron chi connectivity index (χ3n) is 13.0. The molecule has 0 radical (unpaired) electrons. The number of hydrogen-bond donors (Lipinski definition) is 0. The summed E-state index contributed by atoms with van der Waals surface area (Å²) in [5.74, 6) is 0. The molecule has 11 aromatic rings. The van der Waals surface area contributed by atoms with E-state index in [0.29, 0.717) is 0 Å². The lowest BCUT2D eigenvalue weighted by atomic mass is 9.67. The van der Waals surface area contributed by atoms with E-state index < -0.39 is 5.41 Å². The molecule has 1 aromatic heterocycles. The van der Waals surface area contributed by atoms with Gasteiger partial charge in [-0.05, 0) is 110 Å². The first kappa shape index (κ1) is 37.0. The summed E-state index contributed by atoms with van der Waals surface area (Å²) in [6.07, 6.45) is 0. The van der Waals surface area contributed by atoms with Crippen LogP contribution in [0.3, 0.4) is 0 Å². The summed E-state index contributed by atoms with van der Waals surface area (Å²) in [6.45, 7) is 0. The van der Waals surface area contributed by atoms with Crippen LogP contribution in [0.25, 0.3) is 64.7 Å². The van der Waals surface area contributed by atoms with E-state index in [2.05, 4.69) is 254 Å². The number of anilines is 3. The molecule has 0 saturated heterocycles. The fraction of sp³-hybridized carbons (Fsp3) is 0.0164. The molecule has 0 amide bonds. The van der Waals surface area contributed by atoms with E-state index in [1.807, 2.05) is 11.3 Å². The van der Waals surface area contributed by atoms with Crippen LogP contribution in [0.5, 0.6) is 0 Å². The molecule has 296 valence electrons. The largest absolute Gasteiger partial charge is 0.310 e. The Kier molecular flexibility index (Phi) is 8.98. The molecule has 0 saturated carbocycles. The maximum absolute atomic E-state index is 2.42. The lowest BCUT2D eigenvalue weighted by Gasteiger charge is -2.33. The second-order valence-electron chi connectivity index (χ2n) is 16.4. The summed E-state index contributed by atoms with van der Waals surface area (Å²) in [5.41, 5.74) is 17.8. The van der Waals surface area contributed by atoms with Crippen LogP contribution < -0.4 is 4.90 Å². The van der Waals surface area contributed by atoms with Gasteiger partial charge in [0, 0.05) is 37.1 Å². The first-order valence-electron chi connectivity index (χ1n) is 21.7. The Morgan fingerprint density at radius 3 is 1.63 bits per heavy atom. The van der Waals surface area contributed by atoms with Gasteiger partial charge in [-0.25, -0.2) is 0 Å². The van der Waals surface area contributed by atoms with Crippen LogP contribution in [0.15, 0.2) is 249 Å². The smallest absolute Gasteiger partial charge is 0.0713 e. The molecule has 1 heterocycles. The number of benzene rings is 10. The molecule has 10 aromatic carbocycles. The minimum atomic E-state index is -0.416. The van der Waals surface area contributed by atoms with Crippen molar-refractivity contribution in [2.45, 2.75) is 5.41 Å². The van der Waals surface area contributed by atoms with E-state index in [0.717, 1.165) is 17.1 Å². The van der Waals surface area contributed by atoms with Crippen LogP contribution >= 0.6 is 11.3 Å². The summed E-state index contributed by atoms with van der Waals surface area (Å²) in [6, 6.07) is 91.4. The second kappa shape index (κ2) is 15.3. The van der Waals surface area contributed by atoms with Crippen LogP contribution in [0, 0.1) is 0 Å². The van der Waals surface area contributed by atoms with Crippen molar-refractivity contribution in [1.82, 2.24) is 0 Å². The van der Waals surface area contributed by atoms with Crippen LogP contribution in [0.2, 0.25) is 0 Å². The number of hydrogen-bond acceptors (Lipinski definition) is 2. The van der Waals surface area contributed by atoms with Crippen molar-refractivity contribution >= 4 is 48.6 Å². The van der Waals surface area contributed by atoms with Gasteiger partial charge in [0.15, 0.2) is 0 Å². The van der Waals surface area contributed by atoms with Crippen molar-refractivity contribution in [3.8, 4) is 44.5 Å². The quantitative estimate of drug-likeness (QED) is 0.148. The Bertz CT molecular complexity index is 3400. The second-order valence-corrected chi connectivity index (χ2v) is 17.5. The Balaban J connectivity index is 0.987. The first-order chi connectivity index (χ1) is 31.2. The van der Waals surface area contributed by atoms with Crippen LogP contribution in [0.4, 0.5) is 17.1 Å². The predicted octanol–water partition coefficient (Wildman–Crippen LogP) is 16.9. The highest BCUT2D eigenvalue weighted by Crippen LogP contribution is 2.56. The van der Waals surface area contributed by atoms with Crippen molar-refractivity contribution in [2.75, 3.05) is 4.90 Å². The van der Waals surface area contributed by atoms with Gasteiger partial charge in [-0.2, -0.15) is 0 Å². The molecule has 1 nitrogen and oxygen atoms in total. The van der Waals surface area contributed by atoms with E-state index >= 15 is 0 Å². The van der Waals surface area contributed by atoms with Gasteiger partial charge >= 0.3 is 0 Å². The van der Waals surface area contributed by atoms with Gasteiger partial charge in [0.25, 0.3) is 0 Å². The van der Waals surface area contributed by atoms with Crippen LogP contribution in [-0.4, -0.2) is 0 Å². The SMILES string of the molecule is c1ccc(-c2cccc(N(c3ccc(-c4ccc5c(c4)-c4ccccc4C5(c4ccccc4)c4ccccc4)cc3)c3ccccc3-c3ccc4c(c3)sc3ccccc34)c2)cc1. The molecule has 63 heavy (non-hydrogen) atoms. The molecule has 0 unspecified atom stereocenters. The van der Waals surface area contributed by atoms with E-state index in [4.69, 9.17) is 0 Å². The maximum Gasteiger partial charge on any atom is 0.0713 e. The number of rotatable bonds is 8. The van der Waals surface area contributed by atoms with E-state index in [1.54, 1.807) is 0 Å². The average Bonchev–Trinajstić information content (AvgIpc) is 3.88. The summed E-state index contributed by atoms with van der Waals surface area (Å²) in [7, 11) is 0. The topological polar surface area (TPSA) is 3.24 Å². The molecule has 1 aliphatic rings. The molecular formula is C61H41NS. The van der Waals surface area contributed by atoms with E-state index in [9.17, 15) is 0 Å². The van der Waals surface area contributed by atoms with Gasteiger partial charge in [0.1, 0.15) is 0 Å². The Labute approximate surface area is 372 Å². The normalized spacial score (nSPS) is 12.6. The van der Waals surface area contributed by atoms with Gasteiger partial charge in [0.05, 0.1) is 11.1 Å². The minimum absolute atomic E-state index is 0.416. The van der Waals surface area contributed by atoms with Crippen molar-refractivity contribution in [3.05, 3.63) is 271 Å². The predicted molar refractivity (Wildman–Crippen MR) is 268 cm³/mol. The fourth-order valence-corrected chi connectivity index (χ4v) is 11.3. The minimum Gasteiger partial charge on any atom is -0.310 e. The van der Waals surface area contributed by atoms with Gasteiger partial charge in [-0.3, -0.25) is 0 Å². The Morgan fingerprint density at radius 2 is 0.857 bits per heavy atom. The summed E-state index contributed by atoms with van der Waals surface area (Å²) >= 11 is 1.86. The standard InChI is InChI=1S/C61H41NS/c1-4-17-42(18-5-1)44-19-16-24-50(39-44)62(58-29-14-11-25-51(58)46-33-37-54-53-27-12-15-30-59(53)63-60(54)41-46)49-35-31-43(32-36-49)45-34-38-57-55(40-45)52-26-10-13-28-56(52)61(57,47-20-6-2-7-21-47)48-22-8-3-9-23-48/h1-41H. The first-order valence-corrected chi connectivity index (χ1v) is 22.5. The maximum atomic E-state index is 2.42. The third kappa shape index (κ3) is 6.14. The van der Waals surface area contributed by atoms with Crippen LogP contribution in [-0.2, 0) is 5.41 Å². The molecule has 0 atom stereocenters. The van der Waals surface area contributed by atoms with Crippen molar-refractivity contribution in [3.63, 3.8) is 0 Å². The fourth-order valence-electron chi connectivity index (χ4n) is 10.1. The Hall–Kier alpha value is -7.78. The molecule has 1 aliphatic carbocycles. The molecule has 0 bridgehead atoms. The summed E-state index contributed by atoms with van der Waals surface area (Å²) < 4.78 is 2.61. The monoisotopic (exact) mass is 819 g/mol. The zero-order valence-electron chi connectivity index (χ0n) is 34.5. The number of nitrogens with zero attached hydrogens (tertiary/aromatic N) is 1. The molecule has 0 aliphatic heterocycles. The summed E-state index contributed by atoms with van der Waals surface area (Å²) in [5, 5.41) is 2.62. The van der Waals surface area contributed by atoms with Crippen molar-refractivity contribution < 1.29 is 0 Å². The molecule has 0 fully saturated rings. The third-order valence-corrected chi connectivity index (χ3v) is 14.1. The highest BCUT2D eigenvalue weighted by atomic mass is 32.1. The van der Waals surface area contributed by atoms with E-state index in [-0.39, 0.29) is 0 Å². The lowest BCUT2D eigenvalue weighted by molar-refractivity contribution is 0.768. The van der Waals surface area contributed by atoms with Gasteiger partial charge in [-0.1, -0.05) is 200 Å². The summed E-state index contributed by atoms with van der Waals surface area (Å²) in [4.78, 5) is 2.42. The lowest BCUT2D eigenvalue weighted by Crippen LogP contribution is -2.28. The molecular weight excluding hydrogens is 779 g/mol. The number of para-hydroxylation sites is 1. The zero-order chi connectivity index (χ0) is 41.7. The zero-order valence-corrected chi connectivity index (χ0v) is 35.3.